The summed E-state index contributed by atoms with van der Waals surface area (Å²) in [7, 11) is -4.82. The molecule has 1 aromatic heterocycles. The first-order valence-corrected chi connectivity index (χ1v) is 11.8. The molecule has 0 spiro atoms. The molecule has 0 aromatic carbocycles. The number of alkyl halides is 1. The number of nitrogens with two attached hydrogens (primary N) is 1. The molecule has 7 atom stereocenters. The van der Waals surface area contributed by atoms with E-state index in [2.05, 4.69) is 4.98 Å². The molecule has 30 heavy (non-hydrogen) atoms. The highest BCUT2D eigenvalue weighted by Crippen LogP contribution is 2.59. The van der Waals surface area contributed by atoms with Crippen LogP contribution in [0.5, 0.6) is 0 Å². The van der Waals surface area contributed by atoms with E-state index in [-0.39, 0.29) is 12.2 Å². The van der Waals surface area contributed by atoms with Crippen LogP contribution in [0.1, 0.15) is 46.3 Å². The van der Waals surface area contributed by atoms with Crippen molar-refractivity contribution in [2.24, 2.45) is 0 Å². The Labute approximate surface area is 185 Å². The molecule has 11 nitrogen and oxygen atoms in total. The summed E-state index contributed by atoms with van der Waals surface area (Å²) >= 11 is 1.82. The van der Waals surface area contributed by atoms with Crippen molar-refractivity contribution >= 4 is 36.0 Å². The fourth-order valence-electron chi connectivity index (χ4n) is 2.83. The molecule has 0 saturated carbocycles. The van der Waals surface area contributed by atoms with Crippen molar-refractivity contribution in [3.8, 4) is 0 Å². The van der Waals surface area contributed by atoms with Crippen LogP contribution in [0.4, 0.5) is 10.2 Å². The van der Waals surface area contributed by atoms with Crippen LogP contribution in [-0.4, -0.2) is 59.3 Å². The summed E-state index contributed by atoms with van der Waals surface area (Å²) in [6, 6.07) is 0. The van der Waals surface area contributed by atoms with E-state index >= 15 is 4.39 Å². The second-order valence-electron chi connectivity index (χ2n) is 7.33. The fourth-order valence-corrected chi connectivity index (χ4v) is 4.50. The number of anilines is 1. The average Bonchev–Trinajstić information content (AvgIpc) is 2.92. The topological polar surface area (TPSA) is 177 Å². The van der Waals surface area contributed by atoms with E-state index in [0.717, 1.165) is 11.5 Å². The van der Waals surface area contributed by atoms with Crippen LogP contribution in [0.2, 0.25) is 0 Å². The summed E-state index contributed by atoms with van der Waals surface area (Å²) in [5.41, 5.74) is 4.72. The van der Waals surface area contributed by atoms with Crippen molar-refractivity contribution < 1.29 is 38.4 Å². The van der Waals surface area contributed by atoms with Crippen molar-refractivity contribution in [1.82, 2.24) is 9.55 Å². The van der Waals surface area contributed by atoms with Gasteiger partial charge >= 0.3 is 13.3 Å². The maximum atomic E-state index is 15.3. The standard InChI is InChI=1S/C16H26FIN3O8P/c1-4-15(3,25)30(26,27)29-16(17,5-2)6-9-10(22)11(23)13(28-9)21-7-8(18)12(19)20-14(21)24/h7,9-11,13,22-23,25H,4-6H2,1-3H3,(H,26,27)(H2,19,20,24)/t9-,10-,11-,13-,15?,16?/m1/s1. The van der Waals surface area contributed by atoms with E-state index in [1.54, 1.807) is 0 Å². The van der Waals surface area contributed by atoms with Gasteiger partial charge in [0.05, 0.1) is 9.67 Å². The van der Waals surface area contributed by atoms with Crippen molar-refractivity contribution in [2.75, 3.05) is 5.73 Å². The summed E-state index contributed by atoms with van der Waals surface area (Å²) in [5, 5.41) is 28.5. The first-order chi connectivity index (χ1) is 13.7. The Balaban J connectivity index is 2.27. The van der Waals surface area contributed by atoms with Gasteiger partial charge in [0.2, 0.25) is 5.85 Å². The summed E-state index contributed by atoms with van der Waals surface area (Å²) in [6.45, 7) is 3.82. The van der Waals surface area contributed by atoms with Gasteiger partial charge in [-0.1, -0.05) is 13.8 Å². The maximum absolute atomic E-state index is 15.3. The minimum Gasteiger partial charge on any atom is -0.388 e. The lowest BCUT2D eigenvalue weighted by atomic mass is 10.0. The molecule has 1 fully saturated rings. The molecule has 0 bridgehead atoms. The number of ether oxygens (including phenoxy) is 1. The molecular formula is C16H26FIN3O8P. The van der Waals surface area contributed by atoms with Crippen LogP contribution >= 0.6 is 30.2 Å². The van der Waals surface area contributed by atoms with Gasteiger partial charge in [0.1, 0.15) is 18.0 Å². The van der Waals surface area contributed by atoms with E-state index in [9.17, 15) is 29.6 Å². The fraction of sp³-hybridized carbons (Fsp3) is 0.750. The molecule has 172 valence electrons. The lowest BCUT2D eigenvalue weighted by Gasteiger charge is -2.34. The zero-order chi connectivity index (χ0) is 23.1. The monoisotopic (exact) mass is 565 g/mol. The van der Waals surface area contributed by atoms with Gasteiger partial charge in [-0.25, -0.2) is 9.18 Å². The lowest BCUT2D eigenvalue weighted by Crippen LogP contribution is -2.39. The largest absolute Gasteiger partial charge is 0.388 e. The molecule has 0 radical (unpaired) electrons. The molecule has 1 aliphatic rings. The predicted molar refractivity (Wildman–Crippen MR) is 112 cm³/mol. The van der Waals surface area contributed by atoms with E-state index in [1.807, 2.05) is 22.6 Å². The van der Waals surface area contributed by atoms with Gasteiger partial charge in [-0.3, -0.25) is 13.7 Å². The van der Waals surface area contributed by atoms with E-state index < -0.39 is 61.9 Å². The highest BCUT2D eigenvalue weighted by atomic mass is 127. The molecule has 2 heterocycles. The minimum atomic E-state index is -4.82. The Morgan fingerprint density at radius 1 is 1.40 bits per heavy atom. The van der Waals surface area contributed by atoms with Gasteiger partial charge in [0.15, 0.2) is 11.6 Å². The van der Waals surface area contributed by atoms with E-state index in [1.165, 1.54) is 20.0 Å². The summed E-state index contributed by atoms with van der Waals surface area (Å²) in [6.07, 6.45) is -6.07. The molecule has 0 aliphatic carbocycles. The average molecular weight is 565 g/mol. The zero-order valence-electron chi connectivity index (χ0n) is 16.6. The van der Waals surface area contributed by atoms with Gasteiger partial charge in [-0.2, -0.15) is 4.98 Å². The first-order valence-electron chi connectivity index (χ1n) is 9.18. The van der Waals surface area contributed by atoms with Gasteiger partial charge in [0.25, 0.3) is 0 Å². The molecule has 2 rings (SSSR count). The van der Waals surface area contributed by atoms with Crippen LogP contribution < -0.4 is 11.4 Å². The van der Waals surface area contributed by atoms with Crippen LogP contribution in [0.25, 0.3) is 0 Å². The van der Waals surface area contributed by atoms with Gasteiger partial charge in [-0.15, -0.1) is 0 Å². The van der Waals surface area contributed by atoms with Gasteiger partial charge in [0, 0.05) is 19.0 Å². The smallest absolute Gasteiger partial charge is 0.361 e. The summed E-state index contributed by atoms with van der Waals surface area (Å²) < 4.78 is 39.3. The summed E-state index contributed by atoms with van der Waals surface area (Å²) in [4.78, 5) is 25.7. The molecule has 1 saturated heterocycles. The van der Waals surface area contributed by atoms with E-state index in [4.69, 9.17) is 15.0 Å². The summed E-state index contributed by atoms with van der Waals surface area (Å²) in [5.74, 6) is -2.78. The minimum absolute atomic E-state index is 0.0229. The first kappa shape index (κ1) is 25.6. The Bertz CT molecular complexity index is 887. The third-order valence-electron chi connectivity index (χ3n) is 5.15. The SMILES string of the molecule is CCC(F)(C[C@H]1O[C@@H](n2cc(I)c(N)nc2=O)[C@H](O)[C@@H]1O)OP(=O)(O)C(C)(O)CC. The Hall–Kier alpha value is -0.670. The number of rotatable bonds is 8. The van der Waals surface area contributed by atoms with Crippen LogP contribution in [0.15, 0.2) is 11.0 Å². The Morgan fingerprint density at radius 2 is 2.00 bits per heavy atom. The van der Waals surface area contributed by atoms with Gasteiger partial charge < -0.3 is 30.7 Å². The number of hydrogen-bond acceptors (Lipinski definition) is 9. The van der Waals surface area contributed by atoms with Crippen LogP contribution in [0.3, 0.4) is 0 Å². The quantitative estimate of drug-likeness (QED) is 0.224. The highest BCUT2D eigenvalue weighted by Gasteiger charge is 2.52. The highest BCUT2D eigenvalue weighted by molar-refractivity contribution is 14.1. The third kappa shape index (κ3) is 5.04. The molecule has 3 unspecified atom stereocenters. The second kappa shape index (κ2) is 9.06. The molecule has 14 heteroatoms. The zero-order valence-corrected chi connectivity index (χ0v) is 19.7. The number of nitrogen functional groups attached to an aromatic ring is 1. The number of halogens is 2. The van der Waals surface area contributed by atoms with Crippen LogP contribution in [0, 0.1) is 3.57 Å². The van der Waals surface area contributed by atoms with Crippen molar-refractivity contribution in [3.05, 3.63) is 20.3 Å². The lowest BCUT2D eigenvalue weighted by molar-refractivity contribution is -0.133. The van der Waals surface area contributed by atoms with Crippen molar-refractivity contribution in [2.45, 2.75) is 75.8 Å². The van der Waals surface area contributed by atoms with Crippen molar-refractivity contribution in [1.29, 1.82) is 0 Å². The molecule has 1 aromatic rings. The second-order valence-corrected chi connectivity index (χ2v) is 10.7. The number of nitrogens with zero attached hydrogens (tertiary/aromatic N) is 2. The van der Waals surface area contributed by atoms with Gasteiger partial charge in [-0.05, 0) is 35.9 Å². The predicted octanol–water partition coefficient (Wildman–Crippen LogP) is 0.836. The third-order valence-corrected chi connectivity index (χ3v) is 8.08. The molecule has 6 N–H and O–H groups in total. The normalized spacial score (nSPS) is 30.4. The molecular weight excluding hydrogens is 539 g/mol. The maximum Gasteiger partial charge on any atom is 0.361 e. The van der Waals surface area contributed by atoms with Crippen molar-refractivity contribution in [3.63, 3.8) is 0 Å². The molecule has 0 amide bonds. The molecule has 1 aliphatic heterocycles. The number of aromatic nitrogens is 2. The van der Waals surface area contributed by atoms with Crippen LogP contribution in [-0.2, 0) is 13.8 Å². The Kier molecular flexibility index (Phi) is 7.73. The number of aliphatic hydroxyl groups is 3. The van der Waals surface area contributed by atoms with E-state index in [0.29, 0.717) is 3.57 Å². The number of hydrogen-bond donors (Lipinski definition) is 5. The Morgan fingerprint density at radius 3 is 2.53 bits per heavy atom. The number of aliphatic hydroxyl groups excluding tert-OH is 2.